The standard InChI is InChI=1S/C16H14FN5O/c17-14-6-5-11(9-20-14)16(23)19-8-7-18-15-12-3-1-2-4-13(12)21-10-22-15/h1-6,9-10H,7-8H2,(H,19,23)(H,18,21,22). The molecule has 0 saturated carbocycles. The summed E-state index contributed by atoms with van der Waals surface area (Å²) in [5.41, 5.74) is 1.17. The fourth-order valence-electron chi connectivity index (χ4n) is 2.11. The minimum Gasteiger partial charge on any atom is -0.368 e. The van der Waals surface area contributed by atoms with Crippen LogP contribution in [0.25, 0.3) is 10.9 Å². The van der Waals surface area contributed by atoms with Gasteiger partial charge < -0.3 is 10.6 Å². The van der Waals surface area contributed by atoms with Gasteiger partial charge in [-0.1, -0.05) is 12.1 Å². The molecular weight excluding hydrogens is 297 g/mol. The predicted molar refractivity (Wildman–Crippen MR) is 84.6 cm³/mol. The Hall–Kier alpha value is -3.09. The number of amides is 1. The Bertz CT molecular complexity index is 817. The summed E-state index contributed by atoms with van der Waals surface area (Å²) in [6.07, 6.45) is 2.70. The number of hydrogen-bond donors (Lipinski definition) is 2. The molecule has 3 rings (SSSR count). The average Bonchev–Trinajstić information content (AvgIpc) is 2.59. The van der Waals surface area contributed by atoms with Crippen molar-refractivity contribution in [1.29, 1.82) is 0 Å². The van der Waals surface area contributed by atoms with Gasteiger partial charge >= 0.3 is 0 Å². The van der Waals surface area contributed by atoms with Gasteiger partial charge in [-0.2, -0.15) is 4.39 Å². The molecule has 0 spiro atoms. The number of anilines is 1. The molecule has 2 heterocycles. The first-order valence-electron chi connectivity index (χ1n) is 7.07. The number of nitrogens with zero attached hydrogens (tertiary/aromatic N) is 3. The zero-order valence-electron chi connectivity index (χ0n) is 12.2. The topological polar surface area (TPSA) is 79.8 Å². The van der Waals surface area contributed by atoms with Crippen LogP contribution in [-0.2, 0) is 0 Å². The molecule has 0 aliphatic carbocycles. The molecule has 2 aromatic heterocycles. The van der Waals surface area contributed by atoms with Crippen LogP contribution in [0.1, 0.15) is 10.4 Å². The number of hydrogen-bond acceptors (Lipinski definition) is 5. The van der Waals surface area contributed by atoms with Crippen LogP contribution in [0, 0.1) is 5.95 Å². The van der Waals surface area contributed by atoms with Crippen LogP contribution in [0.2, 0.25) is 0 Å². The van der Waals surface area contributed by atoms with E-state index in [9.17, 15) is 9.18 Å². The number of aromatic nitrogens is 3. The maximum absolute atomic E-state index is 12.7. The van der Waals surface area contributed by atoms with E-state index in [1.54, 1.807) is 0 Å². The van der Waals surface area contributed by atoms with Gasteiger partial charge in [0.1, 0.15) is 12.1 Å². The Morgan fingerprint density at radius 1 is 1.04 bits per heavy atom. The molecule has 6 nitrogen and oxygen atoms in total. The molecule has 116 valence electrons. The van der Waals surface area contributed by atoms with Gasteiger partial charge in [-0.15, -0.1) is 0 Å². The van der Waals surface area contributed by atoms with E-state index in [1.807, 2.05) is 24.3 Å². The summed E-state index contributed by atoms with van der Waals surface area (Å²) in [6, 6.07) is 10.2. The molecular formula is C16H14FN5O. The van der Waals surface area contributed by atoms with Gasteiger partial charge in [0.2, 0.25) is 5.95 Å². The summed E-state index contributed by atoms with van der Waals surface area (Å²) in [5, 5.41) is 6.81. The highest BCUT2D eigenvalue weighted by atomic mass is 19.1. The minimum absolute atomic E-state index is 0.299. The second-order valence-electron chi connectivity index (χ2n) is 4.79. The van der Waals surface area contributed by atoms with Gasteiger partial charge in [-0.25, -0.2) is 15.0 Å². The molecule has 0 saturated heterocycles. The number of carbonyl (C=O) groups excluding carboxylic acids is 1. The van der Waals surface area contributed by atoms with E-state index in [4.69, 9.17) is 0 Å². The zero-order valence-corrected chi connectivity index (χ0v) is 12.2. The average molecular weight is 311 g/mol. The summed E-state index contributed by atoms with van der Waals surface area (Å²) in [7, 11) is 0. The number of fused-ring (bicyclic) bond motifs is 1. The molecule has 1 aromatic carbocycles. The third kappa shape index (κ3) is 3.57. The van der Waals surface area contributed by atoms with Crippen molar-refractivity contribution in [2.75, 3.05) is 18.4 Å². The van der Waals surface area contributed by atoms with Crippen molar-refractivity contribution in [1.82, 2.24) is 20.3 Å². The normalized spacial score (nSPS) is 10.5. The molecule has 0 radical (unpaired) electrons. The largest absolute Gasteiger partial charge is 0.368 e. The minimum atomic E-state index is -0.612. The quantitative estimate of drug-likeness (QED) is 0.556. The summed E-state index contributed by atoms with van der Waals surface area (Å²) < 4.78 is 12.7. The van der Waals surface area contributed by atoms with Crippen molar-refractivity contribution in [3.63, 3.8) is 0 Å². The highest BCUT2D eigenvalue weighted by Gasteiger charge is 2.06. The third-order valence-corrected chi connectivity index (χ3v) is 3.24. The van der Waals surface area contributed by atoms with E-state index < -0.39 is 5.95 Å². The van der Waals surface area contributed by atoms with Crippen LogP contribution in [0.3, 0.4) is 0 Å². The fourth-order valence-corrected chi connectivity index (χ4v) is 2.11. The number of nitrogens with one attached hydrogen (secondary N) is 2. The Balaban J connectivity index is 1.55. The van der Waals surface area contributed by atoms with E-state index in [1.165, 1.54) is 18.6 Å². The molecule has 0 fully saturated rings. The van der Waals surface area contributed by atoms with E-state index in [0.717, 1.165) is 17.0 Å². The van der Waals surface area contributed by atoms with Crippen LogP contribution in [0.15, 0.2) is 48.9 Å². The van der Waals surface area contributed by atoms with Crippen molar-refractivity contribution in [3.05, 3.63) is 60.4 Å². The molecule has 3 aromatic rings. The number of pyridine rings is 1. The van der Waals surface area contributed by atoms with Crippen molar-refractivity contribution in [2.45, 2.75) is 0 Å². The van der Waals surface area contributed by atoms with E-state index in [-0.39, 0.29) is 5.91 Å². The van der Waals surface area contributed by atoms with Crippen molar-refractivity contribution < 1.29 is 9.18 Å². The monoisotopic (exact) mass is 311 g/mol. The molecule has 0 bridgehead atoms. The molecule has 2 N–H and O–H groups in total. The lowest BCUT2D eigenvalue weighted by Gasteiger charge is -2.09. The fraction of sp³-hybridized carbons (Fsp3) is 0.125. The first-order valence-corrected chi connectivity index (χ1v) is 7.07. The number of rotatable bonds is 5. The number of benzene rings is 1. The molecule has 23 heavy (non-hydrogen) atoms. The molecule has 0 unspecified atom stereocenters. The number of para-hydroxylation sites is 1. The van der Waals surface area contributed by atoms with Crippen molar-refractivity contribution in [2.24, 2.45) is 0 Å². The summed E-state index contributed by atoms with van der Waals surface area (Å²) in [6.45, 7) is 0.899. The lowest BCUT2D eigenvalue weighted by Crippen LogP contribution is -2.29. The lowest BCUT2D eigenvalue weighted by atomic mass is 10.2. The summed E-state index contributed by atoms with van der Waals surface area (Å²) in [4.78, 5) is 23.7. The van der Waals surface area contributed by atoms with Crippen LogP contribution in [0.4, 0.5) is 10.2 Å². The van der Waals surface area contributed by atoms with Gasteiger partial charge in [0, 0.05) is 24.7 Å². The lowest BCUT2D eigenvalue weighted by molar-refractivity contribution is 0.0954. The summed E-state index contributed by atoms with van der Waals surface area (Å²) in [5.74, 6) is -0.195. The van der Waals surface area contributed by atoms with E-state index >= 15 is 0 Å². The second-order valence-corrected chi connectivity index (χ2v) is 4.79. The molecule has 7 heteroatoms. The smallest absolute Gasteiger partial charge is 0.252 e. The second kappa shape index (κ2) is 6.78. The number of halogens is 1. The Morgan fingerprint density at radius 2 is 1.91 bits per heavy atom. The number of carbonyl (C=O) groups is 1. The van der Waals surface area contributed by atoms with Crippen molar-refractivity contribution >= 4 is 22.6 Å². The molecule has 0 aliphatic rings. The first kappa shape index (κ1) is 14.8. The molecule has 0 atom stereocenters. The van der Waals surface area contributed by atoms with E-state index in [2.05, 4.69) is 25.6 Å². The Labute approximate surface area is 131 Å². The SMILES string of the molecule is O=C(NCCNc1ncnc2ccccc12)c1ccc(F)nc1. The maximum Gasteiger partial charge on any atom is 0.252 e. The predicted octanol–water partition coefficient (Wildman–Crippen LogP) is 2.01. The van der Waals surface area contributed by atoms with Crippen molar-refractivity contribution in [3.8, 4) is 0 Å². The van der Waals surface area contributed by atoms with Gasteiger partial charge in [-0.05, 0) is 24.3 Å². The van der Waals surface area contributed by atoms with Gasteiger partial charge in [-0.3, -0.25) is 4.79 Å². The van der Waals surface area contributed by atoms with Gasteiger partial charge in [0.15, 0.2) is 0 Å². The highest BCUT2D eigenvalue weighted by Crippen LogP contribution is 2.17. The molecule has 0 aliphatic heterocycles. The van der Waals surface area contributed by atoms with Crippen LogP contribution >= 0.6 is 0 Å². The third-order valence-electron chi connectivity index (χ3n) is 3.24. The van der Waals surface area contributed by atoms with Gasteiger partial charge in [0.05, 0.1) is 11.1 Å². The maximum atomic E-state index is 12.7. The highest BCUT2D eigenvalue weighted by molar-refractivity contribution is 5.93. The van der Waals surface area contributed by atoms with E-state index in [0.29, 0.717) is 24.5 Å². The summed E-state index contributed by atoms with van der Waals surface area (Å²) >= 11 is 0. The molecule has 1 amide bonds. The van der Waals surface area contributed by atoms with Crippen LogP contribution < -0.4 is 10.6 Å². The van der Waals surface area contributed by atoms with Gasteiger partial charge in [0.25, 0.3) is 5.91 Å². The Kier molecular flexibility index (Phi) is 4.37. The Morgan fingerprint density at radius 3 is 2.74 bits per heavy atom. The zero-order chi connectivity index (χ0) is 16.1. The van der Waals surface area contributed by atoms with Crippen LogP contribution in [-0.4, -0.2) is 33.9 Å². The first-order chi connectivity index (χ1) is 11.2. The van der Waals surface area contributed by atoms with Crippen LogP contribution in [0.5, 0.6) is 0 Å².